The normalized spacial score (nSPS) is 16.0. The highest BCUT2D eigenvalue weighted by Gasteiger charge is 2.34. The van der Waals surface area contributed by atoms with Gasteiger partial charge in [0.05, 0.1) is 17.5 Å². The monoisotopic (exact) mass is 346 g/mol. The fourth-order valence-corrected chi connectivity index (χ4v) is 2.57. The standard InChI is InChI=1S/C14H17F3N4O3/c1-9(19(2)8-14(15,16)17)13(22)20-4-3-12-10(7-20)5-11(6-18-12)21(23)24/h5-6,9H,3-4,7-8H2,1-2H3. The van der Waals surface area contributed by atoms with Crippen molar-refractivity contribution in [1.82, 2.24) is 14.8 Å². The Morgan fingerprint density at radius 2 is 2.21 bits per heavy atom. The second kappa shape index (κ2) is 6.71. The number of alkyl halides is 3. The summed E-state index contributed by atoms with van der Waals surface area (Å²) < 4.78 is 37.4. The molecule has 1 amide bonds. The minimum absolute atomic E-state index is 0.104. The lowest BCUT2D eigenvalue weighted by Crippen LogP contribution is -2.49. The van der Waals surface area contributed by atoms with E-state index in [1.165, 1.54) is 24.9 Å². The molecular weight excluding hydrogens is 329 g/mol. The molecule has 1 aromatic heterocycles. The smallest absolute Gasteiger partial charge is 0.337 e. The number of nitro groups is 1. The lowest BCUT2D eigenvalue weighted by atomic mass is 10.0. The van der Waals surface area contributed by atoms with Gasteiger partial charge in [0.25, 0.3) is 5.69 Å². The molecule has 0 bridgehead atoms. The van der Waals surface area contributed by atoms with Gasteiger partial charge in [-0.1, -0.05) is 0 Å². The van der Waals surface area contributed by atoms with Crippen molar-refractivity contribution in [3.05, 3.63) is 33.6 Å². The van der Waals surface area contributed by atoms with E-state index in [0.717, 1.165) is 11.1 Å². The molecule has 0 radical (unpaired) electrons. The van der Waals surface area contributed by atoms with Gasteiger partial charge in [0.15, 0.2) is 0 Å². The number of amides is 1. The SMILES string of the molecule is CC(C(=O)N1CCc2ncc([N+](=O)[O-])cc2C1)N(C)CC(F)(F)F. The molecule has 0 N–H and O–H groups in total. The van der Waals surface area contributed by atoms with Gasteiger partial charge in [-0.15, -0.1) is 0 Å². The zero-order valence-corrected chi connectivity index (χ0v) is 13.2. The number of nitrogens with zero attached hydrogens (tertiary/aromatic N) is 4. The van der Waals surface area contributed by atoms with Crippen molar-refractivity contribution in [2.24, 2.45) is 0 Å². The third-order valence-electron chi connectivity index (χ3n) is 3.99. The zero-order chi connectivity index (χ0) is 18.1. The molecular formula is C14H17F3N4O3. The van der Waals surface area contributed by atoms with Crippen LogP contribution in [0.25, 0.3) is 0 Å². The Morgan fingerprint density at radius 1 is 1.54 bits per heavy atom. The Balaban J connectivity index is 2.10. The maximum Gasteiger partial charge on any atom is 0.401 e. The van der Waals surface area contributed by atoms with Gasteiger partial charge >= 0.3 is 6.18 Å². The predicted octanol–water partition coefficient (Wildman–Crippen LogP) is 1.76. The predicted molar refractivity (Wildman–Crippen MR) is 78.2 cm³/mol. The minimum atomic E-state index is -4.39. The highest BCUT2D eigenvalue weighted by molar-refractivity contribution is 5.81. The molecule has 1 aliphatic rings. The molecule has 0 saturated carbocycles. The molecule has 10 heteroatoms. The van der Waals surface area contributed by atoms with Gasteiger partial charge < -0.3 is 4.90 Å². The third-order valence-corrected chi connectivity index (χ3v) is 3.99. The molecule has 7 nitrogen and oxygen atoms in total. The number of carbonyl (C=O) groups is 1. The quantitative estimate of drug-likeness (QED) is 0.613. The van der Waals surface area contributed by atoms with Gasteiger partial charge in [-0.05, 0) is 19.5 Å². The summed E-state index contributed by atoms with van der Waals surface area (Å²) in [6, 6.07) is 0.408. The molecule has 132 valence electrons. The molecule has 0 spiro atoms. The third kappa shape index (κ3) is 4.19. The van der Waals surface area contributed by atoms with Crippen LogP contribution in [-0.4, -0.2) is 58.0 Å². The molecule has 0 aromatic carbocycles. The van der Waals surface area contributed by atoms with Crippen molar-refractivity contribution in [2.75, 3.05) is 20.1 Å². The Kier molecular flexibility index (Phi) is 5.07. The second-order valence-electron chi connectivity index (χ2n) is 5.77. The zero-order valence-electron chi connectivity index (χ0n) is 13.2. The highest BCUT2D eigenvalue weighted by Crippen LogP contribution is 2.23. The minimum Gasteiger partial charge on any atom is -0.337 e. The first-order valence-electron chi connectivity index (χ1n) is 7.26. The van der Waals surface area contributed by atoms with E-state index >= 15 is 0 Å². The van der Waals surface area contributed by atoms with Gasteiger partial charge in [0.2, 0.25) is 5.91 Å². The molecule has 24 heavy (non-hydrogen) atoms. The number of hydrogen-bond acceptors (Lipinski definition) is 5. The maximum atomic E-state index is 12.5. The van der Waals surface area contributed by atoms with E-state index in [-0.39, 0.29) is 12.2 Å². The number of fused-ring (bicyclic) bond motifs is 1. The summed E-state index contributed by atoms with van der Waals surface area (Å²) in [7, 11) is 1.24. The van der Waals surface area contributed by atoms with Crippen molar-refractivity contribution in [1.29, 1.82) is 0 Å². The number of likely N-dealkylation sites (N-methyl/N-ethyl adjacent to an activating group) is 1. The van der Waals surface area contributed by atoms with Crippen molar-refractivity contribution in [3.63, 3.8) is 0 Å². The van der Waals surface area contributed by atoms with Crippen LogP contribution in [0.15, 0.2) is 12.3 Å². The van der Waals surface area contributed by atoms with Crippen molar-refractivity contribution >= 4 is 11.6 Å². The first-order valence-corrected chi connectivity index (χ1v) is 7.26. The summed E-state index contributed by atoms with van der Waals surface area (Å²) in [5.74, 6) is -0.445. The summed E-state index contributed by atoms with van der Waals surface area (Å²) >= 11 is 0. The summed E-state index contributed by atoms with van der Waals surface area (Å²) in [4.78, 5) is 29.0. The van der Waals surface area contributed by atoms with Crippen LogP contribution in [0.4, 0.5) is 18.9 Å². The van der Waals surface area contributed by atoms with E-state index in [0.29, 0.717) is 24.2 Å². The van der Waals surface area contributed by atoms with Gasteiger partial charge in [-0.3, -0.25) is 24.8 Å². The average Bonchev–Trinajstić information content (AvgIpc) is 2.50. The van der Waals surface area contributed by atoms with E-state index in [9.17, 15) is 28.1 Å². The van der Waals surface area contributed by atoms with Crippen molar-refractivity contribution in [2.45, 2.75) is 32.1 Å². The topological polar surface area (TPSA) is 79.6 Å². The van der Waals surface area contributed by atoms with Gasteiger partial charge in [-0.2, -0.15) is 13.2 Å². The van der Waals surface area contributed by atoms with E-state index in [2.05, 4.69) is 4.98 Å². The molecule has 1 atom stereocenters. The van der Waals surface area contributed by atoms with Crippen LogP contribution in [0.3, 0.4) is 0 Å². The van der Waals surface area contributed by atoms with Gasteiger partial charge in [-0.25, -0.2) is 0 Å². The van der Waals surface area contributed by atoms with Crippen LogP contribution >= 0.6 is 0 Å². The molecule has 0 saturated heterocycles. The van der Waals surface area contributed by atoms with Crippen molar-refractivity contribution < 1.29 is 22.9 Å². The molecule has 1 aliphatic heterocycles. The Hall–Kier alpha value is -2.23. The van der Waals surface area contributed by atoms with Crippen LogP contribution in [0, 0.1) is 10.1 Å². The molecule has 1 aromatic rings. The largest absolute Gasteiger partial charge is 0.401 e. The van der Waals surface area contributed by atoms with Gasteiger partial charge in [0.1, 0.15) is 6.20 Å². The van der Waals surface area contributed by atoms with Crippen LogP contribution in [-0.2, 0) is 17.8 Å². The summed E-state index contributed by atoms with van der Waals surface area (Å²) in [6.07, 6.45) is -2.81. The number of carbonyl (C=O) groups excluding carboxylic acids is 1. The Labute approximate surface area is 136 Å². The second-order valence-corrected chi connectivity index (χ2v) is 5.77. The van der Waals surface area contributed by atoms with Crippen LogP contribution in [0.2, 0.25) is 0 Å². The van der Waals surface area contributed by atoms with Crippen LogP contribution in [0.5, 0.6) is 0 Å². The van der Waals surface area contributed by atoms with E-state index in [1.54, 1.807) is 0 Å². The molecule has 2 rings (SSSR count). The maximum absolute atomic E-state index is 12.5. The lowest BCUT2D eigenvalue weighted by Gasteiger charge is -2.33. The fourth-order valence-electron chi connectivity index (χ4n) is 2.57. The summed E-state index contributed by atoms with van der Waals surface area (Å²) in [5.41, 5.74) is 1.04. The summed E-state index contributed by atoms with van der Waals surface area (Å²) in [6.45, 7) is 0.653. The Bertz CT molecular complexity index is 651. The van der Waals surface area contributed by atoms with E-state index < -0.39 is 29.6 Å². The fraction of sp³-hybridized carbons (Fsp3) is 0.571. The number of halogens is 3. The molecule has 0 aliphatic carbocycles. The number of rotatable bonds is 4. The molecule has 0 fully saturated rings. The highest BCUT2D eigenvalue weighted by atomic mass is 19.4. The number of pyridine rings is 1. The van der Waals surface area contributed by atoms with E-state index in [1.807, 2.05) is 0 Å². The van der Waals surface area contributed by atoms with Crippen LogP contribution in [0.1, 0.15) is 18.2 Å². The van der Waals surface area contributed by atoms with Gasteiger partial charge in [0, 0.05) is 31.3 Å². The Morgan fingerprint density at radius 3 is 2.79 bits per heavy atom. The molecule has 1 unspecified atom stereocenters. The number of hydrogen-bond donors (Lipinski definition) is 0. The molecule has 2 heterocycles. The van der Waals surface area contributed by atoms with Crippen LogP contribution < -0.4 is 0 Å². The first kappa shape index (κ1) is 18.1. The van der Waals surface area contributed by atoms with E-state index in [4.69, 9.17) is 0 Å². The summed E-state index contributed by atoms with van der Waals surface area (Å²) in [5, 5.41) is 10.8. The number of aromatic nitrogens is 1. The van der Waals surface area contributed by atoms with Crippen molar-refractivity contribution in [3.8, 4) is 0 Å². The first-order chi connectivity index (χ1) is 11.1. The average molecular weight is 346 g/mol. The lowest BCUT2D eigenvalue weighted by molar-refractivity contribution is -0.385.